The lowest BCUT2D eigenvalue weighted by Crippen LogP contribution is -2.21. The lowest BCUT2D eigenvalue weighted by molar-refractivity contribution is -0.233. The molecule has 0 aliphatic heterocycles. The third kappa shape index (κ3) is 22.5. The normalized spacial score (nSPS) is 11.3. The predicted octanol–water partition coefficient (Wildman–Crippen LogP) is 2.18. The van der Waals surface area contributed by atoms with Gasteiger partial charge in [0.2, 0.25) is 0 Å². The first-order valence-electron chi connectivity index (χ1n) is 2.59. The lowest BCUT2D eigenvalue weighted by atomic mass is 10.7. The smallest absolute Gasteiger partial charge is 0.405 e. The van der Waals surface area contributed by atoms with E-state index in [1.165, 1.54) is 0 Å². The molecule has 0 aromatic carbocycles. The largest absolute Gasteiger partial charge is 0.476 e. The van der Waals surface area contributed by atoms with Crippen molar-refractivity contribution in [1.82, 2.24) is 0 Å². The van der Waals surface area contributed by atoms with Gasteiger partial charge in [0.05, 0.1) is 0 Å². The zero-order valence-electron chi connectivity index (χ0n) is 6.31. The number of alkyl halides is 3. The third-order valence-electron chi connectivity index (χ3n) is 0.416. The number of rotatable bonds is 3. The van der Waals surface area contributed by atoms with Gasteiger partial charge in [0.25, 0.3) is 6.01 Å². The number of halogens is 6. The second-order valence-corrected chi connectivity index (χ2v) is 2.36. The molecule has 86 valence electrons. The van der Waals surface area contributed by atoms with Crippen LogP contribution >= 0.6 is 0 Å². The summed E-state index contributed by atoms with van der Waals surface area (Å²) >= 11 is 0. The summed E-state index contributed by atoms with van der Waals surface area (Å²) < 4.78 is 85.0. The van der Waals surface area contributed by atoms with Crippen LogP contribution < -0.4 is 0 Å². The predicted molar refractivity (Wildman–Crippen MR) is 33.4 cm³/mol. The first kappa shape index (κ1) is 15.5. The number of hydrogen-bond acceptors (Lipinski definition) is 3. The Balaban J connectivity index is 0. The Morgan fingerprint density at radius 1 is 1.36 bits per heavy atom. The highest BCUT2D eigenvalue weighted by atomic mass is 32.3. The van der Waals surface area contributed by atoms with Gasteiger partial charge in [-0.1, -0.05) is 7.77 Å². The quantitative estimate of drug-likeness (QED) is 0.435. The van der Waals surface area contributed by atoms with Gasteiger partial charge in [-0.15, -0.1) is 0 Å². The minimum absolute atomic E-state index is 1.70. The van der Waals surface area contributed by atoms with Crippen molar-refractivity contribution in [2.24, 2.45) is 0 Å². The van der Waals surface area contributed by atoms with Gasteiger partial charge < -0.3 is 4.74 Å². The molecule has 0 rings (SSSR count). The molecule has 0 unspecified atom stereocenters. The van der Waals surface area contributed by atoms with Crippen LogP contribution in [0, 0.1) is 0 Å². The summed E-state index contributed by atoms with van der Waals surface area (Å²) in [6.07, 6.45) is -4.08. The highest BCUT2D eigenvalue weighted by Crippen LogP contribution is 2.19. The van der Waals surface area contributed by atoms with Gasteiger partial charge in [-0.2, -0.15) is 21.6 Å². The first-order chi connectivity index (χ1) is 5.98. The SMILES string of the molecule is C=C(F)OC(F)(F)CF.O=S(=O)(F)F. The van der Waals surface area contributed by atoms with Crippen molar-refractivity contribution in [2.45, 2.75) is 6.11 Å². The lowest BCUT2D eigenvalue weighted by Gasteiger charge is -2.10. The Bertz CT molecular complexity index is 265. The van der Waals surface area contributed by atoms with E-state index in [-0.39, 0.29) is 0 Å². The second-order valence-electron chi connectivity index (χ2n) is 1.61. The Kier molecular flexibility index (Phi) is 6.36. The van der Waals surface area contributed by atoms with Gasteiger partial charge in [0, 0.05) is 0 Å². The van der Waals surface area contributed by atoms with Crippen LogP contribution in [0.25, 0.3) is 0 Å². The minimum Gasteiger partial charge on any atom is -0.405 e. The summed E-state index contributed by atoms with van der Waals surface area (Å²) in [5, 5.41) is 0. The summed E-state index contributed by atoms with van der Waals surface area (Å²) in [5.74, 6) is 0. The summed E-state index contributed by atoms with van der Waals surface area (Å²) in [7, 11) is -5.67. The van der Waals surface area contributed by atoms with Gasteiger partial charge in [-0.3, -0.25) is 0 Å². The van der Waals surface area contributed by atoms with Crippen molar-refractivity contribution in [1.29, 1.82) is 0 Å². The average Bonchev–Trinajstić information content (AvgIpc) is 1.80. The standard InChI is InChI=1S/C4H4F4O.F2O2S/c1-3(6)9-4(7,8)2-5;1-5(2,3)4/h1-2H2;. The highest BCUT2D eigenvalue weighted by molar-refractivity contribution is 7.81. The van der Waals surface area contributed by atoms with E-state index < -0.39 is 29.4 Å². The zero-order valence-corrected chi connectivity index (χ0v) is 7.13. The molecule has 10 heteroatoms. The molecule has 0 spiro atoms. The molecule has 0 amide bonds. The molecule has 0 atom stereocenters. The summed E-state index contributed by atoms with van der Waals surface area (Å²) in [4.78, 5) is 0. The van der Waals surface area contributed by atoms with E-state index in [1.807, 2.05) is 0 Å². The van der Waals surface area contributed by atoms with Gasteiger partial charge in [0.1, 0.15) is 0 Å². The summed E-state index contributed by atoms with van der Waals surface area (Å²) in [6.45, 7) is 0.293. The maximum Gasteiger partial charge on any atom is 0.476 e. The van der Waals surface area contributed by atoms with E-state index in [1.54, 1.807) is 0 Å². The van der Waals surface area contributed by atoms with Crippen molar-refractivity contribution in [3.63, 3.8) is 0 Å². The molecular weight excluding hydrogens is 242 g/mol. The van der Waals surface area contributed by atoms with E-state index in [4.69, 9.17) is 8.42 Å². The fraction of sp³-hybridized carbons (Fsp3) is 0.500. The first-order valence-corrected chi connectivity index (χ1v) is 3.88. The molecule has 14 heavy (non-hydrogen) atoms. The Morgan fingerprint density at radius 2 is 1.64 bits per heavy atom. The molecule has 0 saturated carbocycles. The molecule has 0 aliphatic carbocycles. The molecule has 0 N–H and O–H groups in total. The second kappa shape index (κ2) is 5.73. The van der Waals surface area contributed by atoms with Gasteiger partial charge >= 0.3 is 16.7 Å². The minimum atomic E-state index is -5.67. The van der Waals surface area contributed by atoms with Gasteiger partial charge in [-0.25, -0.2) is 4.39 Å². The van der Waals surface area contributed by atoms with Crippen LogP contribution in [0.2, 0.25) is 0 Å². The van der Waals surface area contributed by atoms with E-state index >= 15 is 0 Å². The topological polar surface area (TPSA) is 43.4 Å². The van der Waals surface area contributed by atoms with Crippen molar-refractivity contribution in [3.8, 4) is 0 Å². The number of ether oxygens (including phenoxy) is 1. The molecule has 0 heterocycles. The van der Waals surface area contributed by atoms with E-state index in [2.05, 4.69) is 11.3 Å². The Labute approximate surface area is 75.5 Å². The average molecular weight is 246 g/mol. The van der Waals surface area contributed by atoms with Crippen LogP contribution in [0.5, 0.6) is 0 Å². The van der Waals surface area contributed by atoms with Crippen LogP contribution in [0.15, 0.2) is 12.6 Å². The molecule has 0 aromatic rings. The van der Waals surface area contributed by atoms with E-state index in [0.717, 1.165) is 0 Å². The molecule has 0 saturated heterocycles. The van der Waals surface area contributed by atoms with Gasteiger partial charge in [0.15, 0.2) is 6.67 Å². The summed E-state index contributed by atoms with van der Waals surface area (Å²) in [6, 6.07) is -1.70. The molecule has 0 fully saturated rings. The highest BCUT2D eigenvalue weighted by Gasteiger charge is 2.32. The monoisotopic (exact) mass is 246 g/mol. The Hall–Kier alpha value is -0.930. The molecular formula is C4H4F6O3S. The molecule has 0 radical (unpaired) electrons. The van der Waals surface area contributed by atoms with Crippen LogP contribution in [0.4, 0.5) is 25.3 Å². The van der Waals surface area contributed by atoms with Crippen molar-refractivity contribution < 1.29 is 38.5 Å². The third-order valence-corrected chi connectivity index (χ3v) is 0.416. The number of hydrogen-bond donors (Lipinski definition) is 0. The van der Waals surface area contributed by atoms with Crippen LogP contribution in [-0.4, -0.2) is 21.2 Å². The fourth-order valence-corrected chi connectivity index (χ4v) is 0.189. The molecule has 0 aromatic heterocycles. The maximum absolute atomic E-state index is 11.5. The molecule has 3 nitrogen and oxygen atoms in total. The van der Waals surface area contributed by atoms with Crippen molar-refractivity contribution >= 4 is 10.6 Å². The van der Waals surface area contributed by atoms with E-state index in [0.29, 0.717) is 0 Å². The van der Waals surface area contributed by atoms with Crippen LogP contribution in [0.1, 0.15) is 0 Å². The van der Waals surface area contributed by atoms with Gasteiger partial charge in [-0.05, 0) is 6.58 Å². The van der Waals surface area contributed by atoms with Crippen molar-refractivity contribution in [2.75, 3.05) is 6.67 Å². The maximum atomic E-state index is 11.5. The van der Waals surface area contributed by atoms with Crippen LogP contribution in [0.3, 0.4) is 0 Å². The van der Waals surface area contributed by atoms with Crippen molar-refractivity contribution in [3.05, 3.63) is 12.6 Å². The van der Waals surface area contributed by atoms with Crippen LogP contribution in [-0.2, 0) is 15.3 Å². The zero-order chi connectivity index (χ0) is 12.0. The summed E-state index contributed by atoms with van der Waals surface area (Å²) in [5.41, 5.74) is 0. The molecule has 0 bridgehead atoms. The Morgan fingerprint density at radius 3 is 1.71 bits per heavy atom. The van der Waals surface area contributed by atoms with E-state index in [9.17, 15) is 25.3 Å². The molecule has 0 aliphatic rings. The fourth-order valence-electron chi connectivity index (χ4n) is 0.189.